The van der Waals surface area contributed by atoms with Gasteiger partial charge in [-0.25, -0.2) is 0 Å². The lowest BCUT2D eigenvalue weighted by Gasteiger charge is -2.26. The van der Waals surface area contributed by atoms with Crippen molar-refractivity contribution in [3.8, 4) is 11.5 Å². The second-order valence-electron chi connectivity index (χ2n) is 4.53. The normalized spacial score (nSPS) is 17.0. The maximum absolute atomic E-state index is 10.1. The number of hydrogen-bond donors (Lipinski definition) is 1. The molecule has 0 amide bonds. The average molecular weight is 235 g/mol. The quantitative estimate of drug-likeness (QED) is 0.871. The van der Waals surface area contributed by atoms with Gasteiger partial charge in [-0.05, 0) is 38.9 Å². The molecule has 1 aromatic rings. The third kappa shape index (κ3) is 3.13. The molecular weight excluding hydrogens is 214 g/mol. The van der Waals surface area contributed by atoms with E-state index in [-0.39, 0.29) is 0 Å². The largest absolute Gasteiger partial charge is 0.504 e. The van der Waals surface area contributed by atoms with E-state index in [9.17, 15) is 5.11 Å². The Morgan fingerprint density at radius 3 is 2.71 bits per heavy atom. The molecule has 1 fully saturated rings. The van der Waals surface area contributed by atoms with Crippen LogP contribution in [0.25, 0.3) is 0 Å². The number of phenolic OH excluding ortho intramolecular Hbond substituents is 1. The van der Waals surface area contributed by atoms with Gasteiger partial charge in [0.15, 0.2) is 11.5 Å². The highest BCUT2D eigenvalue weighted by atomic mass is 16.5. The maximum Gasteiger partial charge on any atom is 0.162 e. The molecule has 1 aliphatic heterocycles. The van der Waals surface area contributed by atoms with E-state index >= 15 is 0 Å². The lowest BCUT2D eigenvalue weighted by atomic mass is 10.1. The number of phenols is 1. The SMILES string of the molecule is CCOc1cccc(CN2CCCCC2)c1O. The van der Waals surface area contributed by atoms with Gasteiger partial charge in [-0.3, -0.25) is 4.90 Å². The van der Waals surface area contributed by atoms with Gasteiger partial charge in [0, 0.05) is 12.1 Å². The standard InChI is InChI=1S/C14H21NO2/c1-2-17-13-8-6-7-12(14(13)16)11-15-9-4-3-5-10-15/h6-8,16H,2-5,9-11H2,1H3. The first-order valence-electron chi connectivity index (χ1n) is 6.47. The van der Waals surface area contributed by atoms with Crippen LogP contribution in [-0.2, 0) is 6.54 Å². The van der Waals surface area contributed by atoms with Crippen molar-refractivity contribution in [1.29, 1.82) is 0 Å². The molecule has 1 saturated heterocycles. The monoisotopic (exact) mass is 235 g/mol. The lowest BCUT2D eigenvalue weighted by molar-refractivity contribution is 0.217. The Morgan fingerprint density at radius 1 is 1.24 bits per heavy atom. The minimum Gasteiger partial charge on any atom is -0.504 e. The minimum absolute atomic E-state index is 0.305. The van der Waals surface area contributed by atoms with Crippen LogP contribution in [-0.4, -0.2) is 29.7 Å². The zero-order valence-electron chi connectivity index (χ0n) is 10.5. The number of rotatable bonds is 4. The summed E-state index contributed by atoms with van der Waals surface area (Å²) in [5.41, 5.74) is 0.970. The van der Waals surface area contributed by atoms with E-state index in [1.54, 1.807) is 0 Å². The zero-order valence-corrected chi connectivity index (χ0v) is 10.5. The van der Waals surface area contributed by atoms with Crippen molar-refractivity contribution in [3.05, 3.63) is 23.8 Å². The highest BCUT2D eigenvalue weighted by Gasteiger charge is 2.14. The fraction of sp³-hybridized carbons (Fsp3) is 0.571. The van der Waals surface area contributed by atoms with E-state index in [0.29, 0.717) is 18.1 Å². The first-order valence-corrected chi connectivity index (χ1v) is 6.47. The van der Waals surface area contributed by atoms with Crippen LogP contribution in [0.15, 0.2) is 18.2 Å². The predicted octanol–water partition coefficient (Wildman–Crippen LogP) is 2.78. The number of ether oxygens (including phenoxy) is 1. The van der Waals surface area contributed by atoms with Gasteiger partial charge >= 0.3 is 0 Å². The number of para-hydroxylation sites is 1. The van der Waals surface area contributed by atoms with Crippen molar-refractivity contribution in [2.45, 2.75) is 32.7 Å². The van der Waals surface area contributed by atoms with E-state index in [0.717, 1.165) is 25.2 Å². The lowest BCUT2D eigenvalue weighted by Crippen LogP contribution is -2.29. The smallest absolute Gasteiger partial charge is 0.162 e. The minimum atomic E-state index is 0.305. The summed E-state index contributed by atoms with van der Waals surface area (Å²) in [4.78, 5) is 2.40. The molecule has 94 valence electrons. The Morgan fingerprint density at radius 2 is 2.00 bits per heavy atom. The van der Waals surface area contributed by atoms with Crippen LogP contribution in [0, 0.1) is 0 Å². The van der Waals surface area contributed by atoms with Gasteiger partial charge in [0.25, 0.3) is 0 Å². The molecule has 1 aromatic carbocycles. The van der Waals surface area contributed by atoms with E-state index in [4.69, 9.17) is 4.74 Å². The first kappa shape index (κ1) is 12.2. The molecule has 1 heterocycles. The molecule has 2 rings (SSSR count). The highest BCUT2D eigenvalue weighted by Crippen LogP contribution is 2.31. The second-order valence-corrected chi connectivity index (χ2v) is 4.53. The van der Waals surface area contributed by atoms with Gasteiger partial charge in [0.2, 0.25) is 0 Å². The van der Waals surface area contributed by atoms with E-state index in [2.05, 4.69) is 4.90 Å². The van der Waals surface area contributed by atoms with Crippen LogP contribution >= 0.6 is 0 Å². The molecule has 0 bridgehead atoms. The second kappa shape index (κ2) is 5.92. The summed E-state index contributed by atoms with van der Waals surface area (Å²) in [6.45, 7) is 5.61. The molecule has 3 nitrogen and oxygen atoms in total. The predicted molar refractivity (Wildman–Crippen MR) is 68.4 cm³/mol. The molecule has 17 heavy (non-hydrogen) atoms. The van der Waals surface area contributed by atoms with Gasteiger partial charge in [-0.15, -0.1) is 0 Å². The van der Waals surface area contributed by atoms with Gasteiger partial charge < -0.3 is 9.84 Å². The van der Waals surface area contributed by atoms with E-state index in [1.165, 1.54) is 19.3 Å². The fourth-order valence-corrected chi connectivity index (χ4v) is 2.33. The number of benzene rings is 1. The summed E-state index contributed by atoms with van der Waals surface area (Å²) in [6.07, 6.45) is 3.87. The zero-order chi connectivity index (χ0) is 12.1. The van der Waals surface area contributed by atoms with Crippen molar-refractivity contribution >= 4 is 0 Å². The molecule has 0 atom stereocenters. The molecular formula is C14H21NO2. The Labute approximate surface area is 103 Å². The Bertz CT molecular complexity index is 359. The van der Waals surface area contributed by atoms with E-state index in [1.807, 2.05) is 25.1 Å². The van der Waals surface area contributed by atoms with Crippen molar-refractivity contribution in [3.63, 3.8) is 0 Å². The summed E-state index contributed by atoms with van der Waals surface area (Å²) in [5.74, 6) is 0.905. The summed E-state index contributed by atoms with van der Waals surface area (Å²) in [6, 6.07) is 5.75. The molecule has 0 saturated carbocycles. The highest BCUT2D eigenvalue weighted by molar-refractivity contribution is 5.45. The van der Waals surface area contributed by atoms with Gasteiger partial charge in [0.1, 0.15) is 0 Å². The number of hydrogen-bond acceptors (Lipinski definition) is 3. The van der Waals surface area contributed by atoms with Crippen LogP contribution in [0.4, 0.5) is 0 Å². The fourth-order valence-electron chi connectivity index (χ4n) is 2.33. The molecule has 1 aliphatic rings. The van der Waals surface area contributed by atoms with Gasteiger partial charge in [-0.2, -0.15) is 0 Å². The van der Waals surface area contributed by atoms with Crippen LogP contribution in [0.3, 0.4) is 0 Å². The van der Waals surface area contributed by atoms with Crippen molar-refractivity contribution in [2.75, 3.05) is 19.7 Å². The van der Waals surface area contributed by atoms with Crippen LogP contribution in [0.1, 0.15) is 31.7 Å². The molecule has 0 radical (unpaired) electrons. The van der Waals surface area contributed by atoms with Crippen molar-refractivity contribution in [2.24, 2.45) is 0 Å². The first-order chi connectivity index (χ1) is 8.31. The summed E-state index contributed by atoms with van der Waals surface area (Å²) in [7, 11) is 0. The van der Waals surface area contributed by atoms with Crippen molar-refractivity contribution in [1.82, 2.24) is 4.90 Å². The molecule has 0 spiro atoms. The Balaban J connectivity index is 2.06. The van der Waals surface area contributed by atoms with Crippen LogP contribution in [0.5, 0.6) is 11.5 Å². The third-order valence-electron chi connectivity index (χ3n) is 3.23. The summed E-state index contributed by atoms with van der Waals surface area (Å²) in [5, 5.41) is 10.1. The number of aromatic hydroxyl groups is 1. The average Bonchev–Trinajstić information content (AvgIpc) is 2.36. The topological polar surface area (TPSA) is 32.7 Å². The Hall–Kier alpha value is -1.22. The molecule has 0 aromatic heterocycles. The molecule has 0 unspecified atom stereocenters. The third-order valence-corrected chi connectivity index (χ3v) is 3.23. The molecule has 0 aliphatic carbocycles. The summed E-state index contributed by atoms with van der Waals surface area (Å²) < 4.78 is 5.40. The van der Waals surface area contributed by atoms with Crippen LogP contribution in [0.2, 0.25) is 0 Å². The molecule has 1 N–H and O–H groups in total. The number of piperidine rings is 1. The number of nitrogens with zero attached hydrogens (tertiary/aromatic N) is 1. The Kier molecular flexibility index (Phi) is 4.26. The maximum atomic E-state index is 10.1. The molecule has 3 heteroatoms. The van der Waals surface area contributed by atoms with Crippen LogP contribution < -0.4 is 4.74 Å². The van der Waals surface area contributed by atoms with E-state index < -0.39 is 0 Å². The number of likely N-dealkylation sites (tertiary alicyclic amines) is 1. The summed E-state index contributed by atoms with van der Waals surface area (Å²) >= 11 is 0. The van der Waals surface area contributed by atoms with Gasteiger partial charge in [0.05, 0.1) is 6.61 Å². The van der Waals surface area contributed by atoms with Crippen molar-refractivity contribution < 1.29 is 9.84 Å². The van der Waals surface area contributed by atoms with Gasteiger partial charge in [-0.1, -0.05) is 18.6 Å².